The Labute approximate surface area is 66.8 Å². The summed E-state index contributed by atoms with van der Waals surface area (Å²) >= 11 is 0. The number of hydrogen-bond donors (Lipinski definition) is 1. The topological polar surface area (TPSA) is 38.1 Å². The molecular weight excluding hydrogens is 140 g/mol. The van der Waals surface area contributed by atoms with Crippen LogP contribution in [0.3, 0.4) is 0 Å². The number of oxazole rings is 1. The van der Waals surface area contributed by atoms with Gasteiger partial charge < -0.3 is 9.73 Å². The van der Waals surface area contributed by atoms with Crippen LogP contribution in [-0.4, -0.2) is 12.0 Å². The number of anilines is 1. The molecule has 0 unspecified atom stereocenters. The molecule has 0 atom stereocenters. The second-order valence-electron chi connectivity index (χ2n) is 3.53. The van der Waals surface area contributed by atoms with Gasteiger partial charge in [0, 0.05) is 12.5 Å². The summed E-state index contributed by atoms with van der Waals surface area (Å²) in [5, 5.41) is 2.89. The van der Waals surface area contributed by atoms with E-state index in [1.165, 1.54) is 0 Å². The van der Waals surface area contributed by atoms with Crippen molar-refractivity contribution in [2.75, 3.05) is 12.4 Å². The summed E-state index contributed by atoms with van der Waals surface area (Å²) in [6.07, 6.45) is 1.70. The van der Waals surface area contributed by atoms with E-state index in [0.29, 0.717) is 0 Å². The van der Waals surface area contributed by atoms with Crippen LogP contribution in [0.15, 0.2) is 10.6 Å². The normalized spacial score (nSPS) is 11.6. The van der Waals surface area contributed by atoms with E-state index in [2.05, 4.69) is 31.1 Å². The minimum atomic E-state index is -0.00486. The number of aromatic nitrogens is 1. The maximum atomic E-state index is 5.38. The molecule has 1 heterocycles. The Bertz CT molecular complexity index is 234. The Morgan fingerprint density at radius 3 is 2.36 bits per heavy atom. The van der Waals surface area contributed by atoms with Crippen molar-refractivity contribution in [3.05, 3.63) is 12.1 Å². The highest BCUT2D eigenvalue weighted by molar-refractivity contribution is 5.26. The van der Waals surface area contributed by atoms with E-state index in [1.807, 2.05) is 7.05 Å². The Kier molecular flexibility index (Phi) is 1.89. The predicted octanol–water partition coefficient (Wildman–Crippen LogP) is 2.01. The van der Waals surface area contributed by atoms with Crippen LogP contribution >= 0.6 is 0 Å². The summed E-state index contributed by atoms with van der Waals surface area (Å²) in [4.78, 5) is 4.13. The van der Waals surface area contributed by atoms with E-state index in [1.54, 1.807) is 6.20 Å². The molecule has 0 aromatic carbocycles. The molecule has 1 aromatic rings. The zero-order valence-corrected chi connectivity index (χ0v) is 7.43. The molecule has 0 aliphatic carbocycles. The Morgan fingerprint density at radius 1 is 1.45 bits per heavy atom. The van der Waals surface area contributed by atoms with E-state index in [-0.39, 0.29) is 5.41 Å². The van der Waals surface area contributed by atoms with Crippen molar-refractivity contribution < 1.29 is 4.42 Å². The monoisotopic (exact) mass is 154 g/mol. The molecular formula is C8H14N2O. The highest BCUT2D eigenvalue weighted by Gasteiger charge is 2.19. The lowest BCUT2D eigenvalue weighted by Gasteiger charge is -2.11. The van der Waals surface area contributed by atoms with Crippen LogP contribution in [-0.2, 0) is 5.41 Å². The van der Waals surface area contributed by atoms with Gasteiger partial charge in [-0.3, -0.25) is 0 Å². The fourth-order valence-electron chi connectivity index (χ4n) is 0.736. The summed E-state index contributed by atoms with van der Waals surface area (Å²) in [5.74, 6) is 1.48. The second-order valence-corrected chi connectivity index (χ2v) is 3.53. The zero-order chi connectivity index (χ0) is 8.48. The summed E-state index contributed by atoms with van der Waals surface area (Å²) in [6.45, 7) is 6.20. The average molecular weight is 154 g/mol. The van der Waals surface area contributed by atoms with Crippen LogP contribution in [0.25, 0.3) is 0 Å². The molecule has 0 spiro atoms. The molecule has 0 saturated heterocycles. The predicted molar refractivity (Wildman–Crippen MR) is 44.7 cm³/mol. The molecule has 0 bridgehead atoms. The van der Waals surface area contributed by atoms with Gasteiger partial charge in [-0.05, 0) is 0 Å². The van der Waals surface area contributed by atoms with Gasteiger partial charge in [-0.1, -0.05) is 20.8 Å². The van der Waals surface area contributed by atoms with E-state index in [4.69, 9.17) is 4.42 Å². The summed E-state index contributed by atoms with van der Waals surface area (Å²) < 4.78 is 5.38. The molecule has 0 saturated carbocycles. The first kappa shape index (κ1) is 8.11. The van der Waals surface area contributed by atoms with Crippen molar-refractivity contribution in [2.24, 2.45) is 0 Å². The van der Waals surface area contributed by atoms with E-state index in [0.717, 1.165) is 11.8 Å². The molecule has 3 nitrogen and oxygen atoms in total. The molecule has 0 aliphatic heterocycles. The third-order valence-corrected chi connectivity index (χ3v) is 1.39. The van der Waals surface area contributed by atoms with Crippen molar-refractivity contribution in [1.82, 2.24) is 4.98 Å². The first-order valence-electron chi connectivity index (χ1n) is 3.68. The van der Waals surface area contributed by atoms with Gasteiger partial charge in [0.1, 0.15) is 0 Å². The maximum Gasteiger partial charge on any atom is 0.213 e. The largest absolute Gasteiger partial charge is 0.425 e. The van der Waals surface area contributed by atoms with Gasteiger partial charge in [-0.25, -0.2) is 4.98 Å². The summed E-state index contributed by atoms with van der Waals surface area (Å²) in [6, 6.07) is 0. The molecule has 0 amide bonds. The fraction of sp³-hybridized carbons (Fsp3) is 0.625. The first-order chi connectivity index (χ1) is 5.04. The smallest absolute Gasteiger partial charge is 0.213 e. The number of hydrogen-bond acceptors (Lipinski definition) is 3. The minimum Gasteiger partial charge on any atom is -0.425 e. The van der Waals surface area contributed by atoms with Gasteiger partial charge in [-0.15, -0.1) is 0 Å². The van der Waals surface area contributed by atoms with Crippen molar-refractivity contribution in [3.63, 3.8) is 0 Å². The van der Waals surface area contributed by atoms with Crippen molar-refractivity contribution in [3.8, 4) is 0 Å². The third kappa shape index (κ3) is 1.73. The van der Waals surface area contributed by atoms with E-state index in [9.17, 15) is 0 Å². The fourth-order valence-corrected chi connectivity index (χ4v) is 0.736. The molecule has 11 heavy (non-hydrogen) atoms. The number of rotatable bonds is 1. The van der Waals surface area contributed by atoms with Crippen LogP contribution < -0.4 is 5.32 Å². The van der Waals surface area contributed by atoms with Gasteiger partial charge in [0.25, 0.3) is 0 Å². The molecule has 0 aliphatic rings. The van der Waals surface area contributed by atoms with Crippen LogP contribution in [0.2, 0.25) is 0 Å². The Hall–Kier alpha value is -0.990. The second kappa shape index (κ2) is 2.57. The van der Waals surface area contributed by atoms with Crippen LogP contribution in [0.1, 0.15) is 26.7 Å². The lowest BCUT2D eigenvalue weighted by Crippen LogP contribution is -2.10. The van der Waals surface area contributed by atoms with Gasteiger partial charge in [0.2, 0.25) is 11.8 Å². The average Bonchev–Trinajstić information content (AvgIpc) is 2.32. The molecule has 0 fully saturated rings. The summed E-state index contributed by atoms with van der Waals surface area (Å²) in [5.41, 5.74) is -0.00486. The molecule has 62 valence electrons. The minimum absolute atomic E-state index is 0.00486. The van der Waals surface area contributed by atoms with Gasteiger partial charge in [0.05, 0.1) is 6.20 Å². The molecule has 3 heteroatoms. The molecule has 1 aromatic heterocycles. The standard InChI is InChI=1S/C8H14N2O/c1-8(2,3)7-10-5-6(9-4)11-7/h5,9H,1-4H3. The lowest BCUT2D eigenvalue weighted by atomic mass is 9.97. The molecule has 1 rings (SSSR count). The Morgan fingerprint density at radius 2 is 2.09 bits per heavy atom. The SMILES string of the molecule is CNc1cnc(C(C)(C)C)o1. The van der Waals surface area contributed by atoms with Crippen LogP contribution in [0.5, 0.6) is 0 Å². The summed E-state index contributed by atoms with van der Waals surface area (Å²) in [7, 11) is 1.81. The van der Waals surface area contributed by atoms with Crippen LogP contribution in [0.4, 0.5) is 5.88 Å². The van der Waals surface area contributed by atoms with E-state index < -0.39 is 0 Å². The highest BCUT2D eigenvalue weighted by Crippen LogP contribution is 2.22. The third-order valence-electron chi connectivity index (χ3n) is 1.39. The van der Waals surface area contributed by atoms with E-state index >= 15 is 0 Å². The maximum absolute atomic E-state index is 5.38. The first-order valence-corrected chi connectivity index (χ1v) is 3.68. The number of nitrogens with zero attached hydrogens (tertiary/aromatic N) is 1. The van der Waals surface area contributed by atoms with Crippen molar-refractivity contribution in [2.45, 2.75) is 26.2 Å². The molecule has 0 radical (unpaired) electrons. The Balaban J connectivity index is 2.89. The van der Waals surface area contributed by atoms with Crippen molar-refractivity contribution >= 4 is 5.88 Å². The van der Waals surface area contributed by atoms with Crippen molar-refractivity contribution in [1.29, 1.82) is 0 Å². The lowest BCUT2D eigenvalue weighted by molar-refractivity contribution is 0.400. The zero-order valence-electron chi connectivity index (χ0n) is 7.43. The highest BCUT2D eigenvalue weighted by atomic mass is 16.4. The van der Waals surface area contributed by atoms with Gasteiger partial charge in [0.15, 0.2) is 0 Å². The van der Waals surface area contributed by atoms with Crippen LogP contribution in [0, 0.1) is 0 Å². The van der Waals surface area contributed by atoms with Gasteiger partial charge >= 0.3 is 0 Å². The van der Waals surface area contributed by atoms with Gasteiger partial charge in [-0.2, -0.15) is 0 Å². The molecule has 1 N–H and O–H groups in total. The number of nitrogens with one attached hydrogen (secondary N) is 1. The quantitative estimate of drug-likeness (QED) is 0.672.